The third-order valence-electron chi connectivity index (χ3n) is 3.83. The smallest absolute Gasteiger partial charge is 0.172 e. The van der Waals surface area contributed by atoms with Crippen LogP contribution in [0.4, 0.5) is 0 Å². The van der Waals surface area contributed by atoms with Gasteiger partial charge in [0.25, 0.3) is 0 Å². The molecule has 18 heavy (non-hydrogen) atoms. The maximum Gasteiger partial charge on any atom is 0.172 e. The summed E-state index contributed by atoms with van der Waals surface area (Å²) in [4.78, 5) is 14.0. The van der Waals surface area contributed by atoms with Gasteiger partial charge in [-0.05, 0) is 18.1 Å². The van der Waals surface area contributed by atoms with E-state index < -0.39 is 0 Å². The van der Waals surface area contributed by atoms with Crippen LogP contribution in [0.5, 0.6) is 0 Å². The van der Waals surface area contributed by atoms with Crippen molar-refractivity contribution in [2.45, 2.75) is 25.0 Å². The molecule has 3 heteroatoms. The van der Waals surface area contributed by atoms with Gasteiger partial charge >= 0.3 is 0 Å². The fraction of sp³-hybridized carbons (Fsp3) is 0.333. The number of nitriles is 1. The Hall–Kier alpha value is -1.92. The summed E-state index contributed by atoms with van der Waals surface area (Å²) in [6.45, 7) is 0.741. The molecule has 3 rings (SSSR count). The summed E-state index contributed by atoms with van der Waals surface area (Å²) < 4.78 is 0. The van der Waals surface area contributed by atoms with Gasteiger partial charge in [-0.25, -0.2) is 0 Å². The Labute approximate surface area is 106 Å². The van der Waals surface area contributed by atoms with Gasteiger partial charge in [-0.3, -0.25) is 9.69 Å². The Bertz CT molecular complexity index is 529. The van der Waals surface area contributed by atoms with Crippen LogP contribution in [-0.4, -0.2) is 22.8 Å². The van der Waals surface area contributed by atoms with Crippen LogP contribution in [0, 0.1) is 17.2 Å². The highest BCUT2D eigenvalue weighted by Gasteiger charge is 2.45. The predicted molar refractivity (Wildman–Crippen MR) is 67.4 cm³/mol. The minimum Gasteiger partial charge on any atom is -0.293 e. The maximum atomic E-state index is 11.9. The molecule has 0 saturated carbocycles. The second kappa shape index (κ2) is 4.40. The molecule has 0 unspecified atom stereocenters. The normalized spacial score (nSPS) is 30.4. The lowest BCUT2D eigenvalue weighted by molar-refractivity contribution is -0.119. The third kappa shape index (κ3) is 1.75. The second-order valence-electron chi connectivity index (χ2n) is 4.90. The number of ketones is 1. The van der Waals surface area contributed by atoms with Gasteiger partial charge < -0.3 is 0 Å². The quantitative estimate of drug-likeness (QED) is 0.790. The van der Waals surface area contributed by atoms with Gasteiger partial charge in [-0.1, -0.05) is 36.4 Å². The summed E-state index contributed by atoms with van der Waals surface area (Å²) in [5.74, 6) is 0.0846. The number of carbonyl (C=O) groups is 1. The van der Waals surface area contributed by atoms with Crippen molar-refractivity contribution in [2.24, 2.45) is 5.92 Å². The first-order valence-corrected chi connectivity index (χ1v) is 6.21. The lowest BCUT2D eigenvalue weighted by Gasteiger charge is -2.30. The molecule has 1 aromatic rings. The molecular weight excluding hydrogens is 224 g/mol. The van der Waals surface area contributed by atoms with Gasteiger partial charge in [0.05, 0.1) is 18.0 Å². The first-order valence-electron chi connectivity index (χ1n) is 6.21. The molecule has 1 saturated heterocycles. The molecule has 0 amide bonds. The van der Waals surface area contributed by atoms with Crippen molar-refractivity contribution < 1.29 is 4.79 Å². The van der Waals surface area contributed by atoms with Crippen LogP contribution < -0.4 is 0 Å². The molecule has 3 nitrogen and oxygen atoms in total. The van der Waals surface area contributed by atoms with Crippen molar-refractivity contribution in [2.75, 3.05) is 0 Å². The number of nitrogens with zero attached hydrogens (tertiary/aromatic N) is 2. The van der Waals surface area contributed by atoms with Gasteiger partial charge in [-0.2, -0.15) is 5.26 Å². The van der Waals surface area contributed by atoms with E-state index in [1.54, 1.807) is 6.08 Å². The van der Waals surface area contributed by atoms with Crippen LogP contribution >= 0.6 is 0 Å². The van der Waals surface area contributed by atoms with Crippen LogP contribution in [0.25, 0.3) is 0 Å². The minimum absolute atomic E-state index is 0.0542. The van der Waals surface area contributed by atoms with Crippen LogP contribution in [-0.2, 0) is 11.3 Å². The van der Waals surface area contributed by atoms with E-state index in [1.807, 2.05) is 24.3 Å². The minimum atomic E-state index is -0.107. The standard InChI is InChI=1S/C15H14N2O/c16-9-12-8-14-15(18)7-6-13(12)17(14)10-11-4-2-1-3-5-11/h1-7,12-14H,8,10H2/t12-,13+,14-/m0/s1. The summed E-state index contributed by atoms with van der Waals surface area (Å²) >= 11 is 0. The van der Waals surface area contributed by atoms with Gasteiger partial charge in [0.15, 0.2) is 5.78 Å². The molecule has 0 spiro atoms. The van der Waals surface area contributed by atoms with Gasteiger partial charge in [0, 0.05) is 12.6 Å². The van der Waals surface area contributed by atoms with Crippen molar-refractivity contribution in [3.8, 4) is 6.07 Å². The fourth-order valence-electron chi connectivity index (χ4n) is 2.92. The summed E-state index contributed by atoms with van der Waals surface area (Å²) in [5, 5.41) is 9.16. The van der Waals surface area contributed by atoms with E-state index in [0.717, 1.165) is 6.54 Å². The van der Waals surface area contributed by atoms with E-state index in [2.05, 4.69) is 23.1 Å². The van der Waals surface area contributed by atoms with E-state index >= 15 is 0 Å². The zero-order chi connectivity index (χ0) is 12.5. The SMILES string of the molecule is N#C[C@@H]1C[C@H]2C(=O)C=C[C@H]1N2Cc1ccccc1. The van der Waals surface area contributed by atoms with E-state index in [0.29, 0.717) is 6.42 Å². The molecule has 0 aromatic heterocycles. The number of benzene rings is 1. The van der Waals surface area contributed by atoms with Crippen molar-refractivity contribution in [1.82, 2.24) is 4.90 Å². The Morgan fingerprint density at radius 1 is 1.33 bits per heavy atom. The molecular formula is C15H14N2O. The monoisotopic (exact) mass is 238 g/mol. The van der Waals surface area contributed by atoms with E-state index in [9.17, 15) is 4.79 Å². The van der Waals surface area contributed by atoms with E-state index in [4.69, 9.17) is 5.26 Å². The lowest BCUT2D eigenvalue weighted by atomic mass is 10.0. The molecule has 1 fully saturated rings. The highest BCUT2D eigenvalue weighted by Crippen LogP contribution is 2.35. The van der Waals surface area contributed by atoms with E-state index in [-0.39, 0.29) is 23.8 Å². The third-order valence-corrected chi connectivity index (χ3v) is 3.83. The van der Waals surface area contributed by atoms with Gasteiger partial charge in [0.2, 0.25) is 0 Å². The van der Waals surface area contributed by atoms with Crippen molar-refractivity contribution >= 4 is 5.78 Å². The van der Waals surface area contributed by atoms with Crippen molar-refractivity contribution in [3.63, 3.8) is 0 Å². The van der Waals surface area contributed by atoms with Crippen molar-refractivity contribution in [3.05, 3.63) is 48.0 Å². The fourth-order valence-corrected chi connectivity index (χ4v) is 2.92. The Balaban J connectivity index is 1.87. The average molecular weight is 238 g/mol. The highest BCUT2D eigenvalue weighted by molar-refractivity contribution is 5.96. The number of hydrogen-bond donors (Lipinski definition) is 0. The number of carbonyl (C=O) groups excluding carboxylic acids is 1. The Morgan fingerprint density at radius 3 is 2.83 bits per heavy atom. The number of fused-ring (bicyclic) bond motifs is 2. The van der Waals surface area contributed by atoms with Crippen LogP contribution in [0.2, 0.25) is 0 Å². The summed E-state index contributed by atoms with van der Waals surface area (Å²) in [6, 6.07) is 12.4. The van der Waals surface area contributed by atoms with E-state index in [1.165, 1.54) is 5.56 Å². The zero-order valence-corrected chi connectivity index (χ0v) is 9.99. The molecule has 2 aliphatic heterocycles. The van der Waals surface area contributed by atoms with Crippen LogP contribution in [0.15, 0.2) is 42.5 Å². The Kier molecular flexibility index (Phi) is 2.73. The molecule has 1 aromatic carbocycles. The number of rotatable bonds is 2. The molecule has 3 atom stereocenters. The Morgan fingerprint density at radius 2 is 2.11 bits per heavy atom. The largest absolute Gasteiger partial charge is 0.293 e. The highest BCUT2D eigenvalue weighted by atomic mass is 16.1. The van der Waals surface area contributed by atoms with Crippen LogP contribution in [0.1, 0.15) is 12.0 Å². The first-order chi connectivity index (χ1) is 8.79. The predicted octanol–water partition coefficient (Wildman–Crippen LogP) is 1.91. The van der Waals surface area contributed by atoms with Crippen molar-refractivity contribution in [1.29, 1.82) is 5.26 Å². The van der Waals surface area contributed by atoms with Crippen LogP contribution in [0.3, 0.4) is 0 Å². The topological polar surface area (TPSA) is 44.1 Å². The molecule has 0 aliphatic carbocycles. The maximum absolute atomic E-state index is 11.9. The lowest BCUT2D eigenvalue weighted by Crippen LogP contribution is -2.42. The summed E-state index contributed by atoms with van der Waals surface area (Å²) in [5.41, 5.74) is 1.19. The van der Waals surface area contributed by atoms with Gasteiger partial charge in [-0.15, -0.1) is 0 Å². The first kappa shape index (κ1) is 11.2. The molecule has 2 bridgehead atoms. The molecule has 2 heterocycles. The molecule has 2 aliphatic rings. The summed E-state index contributed by atoms with van der Waals surface area (Å²) in [7, 11) is 0. The zero-order valence-electron chi connectivity index (χ0n) is 9.99. The van der Waals surface area contributed by atoms with Gasteiger partial charge in [0.1, 0.15) is 0 Å². The molecule has 90 valence electrons. The summed E-state index contributed by atoms with van der Waals surface area (Å²) in [6.07, 6.45) is 4.21. The number of hydrogen-bond acceptors (Lipinski definition) is 3. The average Bonchev–Trinajstić information content (AvgIpc) is 2.65. The molecule has 0 N–H and O–H groups in total. The molecule has 0 radical (unpaired) electrons. The second-order valence-corrected chi connectivity index (χ2v) is 4.90.